The van der Waals surface area contributed by atoms with Crippen LogP contribution < -0.4 is 0 Å². The highest BCUT2D eigenvalue weighted by Crippen LogP contribution is 2.44. The van der Waals surface area contributed by atoms with Gasteiger partial charge in [-0.05, 0) is 118 Å². The van der Waals surface area contributed by atoms with Gasteiger partial charge in [-0.1, -0.05) is 90.9 Å². The van der Waals surface area contributed by atoms with Crippen molar-refractivity contribution in [1.29, 1.82) is 0 Å². The number of unbranched alkanes of at least 4 members (excludes halogenated alkanes) is 4. The minimum absolute atomic E-state index is 0.00789. The maximum Gasteiger partial charge on any atom is 0.145 e. The number of rotatable bonds is 16. The first-order chi connectivity index (χ1) is 22.7. The second-order valence-corrected chi connectivity index (χ2v) is 17.1. The molecule has 4 saturated carbocycles. The van der Waals surface area contributed by atoms with Crippen LogP contribution >= 0.6 is 0 Å². The van der Waals surface area contributed by atoms with Crippen molar-refractivity contribution < 1.29 is 24.0 Å². The van der Waals surface area contributed by atoms with Crippen LogP contribution in [-0.2, 0) is 24.0 Å². The molecule has 0 aromatic heterocycles. The lowest BCUT2D eigenvalue weighted by Gasteiger charge is -2.38. The normalized spacial score (nSPS) is 41.9. The Morgan fingerprint density at radius 3 is 1.41 bits per heavy atom. The summed E-state index contributed by atoms with van der Waals surface area (Å²) in [6.45, 7) is 6.54. The Balaban J connectivity index is 0.814. The third-order valence-corrected chi connectivity index (χ3v) is 14.0. The third kappa shape index (κ3) is 9.95. The Morgan fingerprint density at radius 2 is 0.913 bits per heavy atom. The number of hydrogen-bond donors (Lipinski definition) is 0. The monoisotopic (exact) mass is 645 g/mol. The molecule has 0 spiro atoms. The van der Waals surface area contributed by atoms with Gasteiger partial charge in [0, 0.05) is 0 Å². The molecule has 5 nitrogen and oxygen atoms in total. The van der Waals surface area contributed by atoms with Gasteiger partial charge in [-0.2, -0.15) is 0 Å². The minimum atomic E-state index is -0.129. The molecular formula is C41H72O5. The van der Waals surface area contributed by atoms with Crippen LogP contribution in [0.5, 0.6) is 0 Å². The summed E-state index contributed by atoms with van der Waals surface area (Å²) in [4.78, 5) is 11.9. The van der Waals surface area contributed by atoms with Crippen molar-refractivity contribution in [2.75, 3.05) is 19.8 Å². The van der Waals surface area contributed by atoms with E-state index in [2.05, 4.69) is 13.8 Å². The van der Waals surface area contributed by atoms with Crippen LogP contribution in [0, 0.1) is 41.4 Å². The first-order valence-electron chi connectivity index (χ1n) is 20.9. The lowest BCUT2D eigenvalue weighted by molar-refractivity contribution is -0.340. The maximum absolute atomic E-state index is 6.66. The summed E-state index contributed by atoms with van der Waals surface area (Å²) in [6, 6.07) is 0. The predicted octanol–water partition coefficient (Wildman–Crippen LogP) is 10.6. The zero-order chi connectivity index (χ0) is 31.6. The van der Waals surface area contributed by atoms with Gasteiger partial charge in [-0.3, -0.25) is 0 Å². The highest BCUT2D eigenvalue weighted by Gasteiger charge is 2.50. The number of fused-ring (bicyclic) bond motifs is 1. The lowest BCUT2D eigenvalue weighted by Crippen LogP contribution is -2.37. The molecule has 2 saturated heterocycles. The van der Waals surface area contributed by atoms with E-state index in [-0.39, 0.29) is 24.4 Å². The van der Waals surface area contributed by atoms with E-state index in [4.69, 9.17) is 24.0 Å². The lowest BCUT2D eigenvalue weighted by atomic mass is 9.69. The molecule has 0 aromatic carbocycles. The molecule has 2 heterocycles. The molecular weight excluding hydrogens is 572 g/mol. The van der Waals surface area contributed by atoms with E-state index in [1.54, 1.807) is 0 Å². The molecule has 0 N–H and O–H groups in total. The number of ether oxygens (including phenoxy) is 3. The highest BCUT2D eigenvalue weighted by molar-refractivity contribution is 4.96. The summed E-state index contributed by atoms with van der Waals surface area (Å²) in [6.07, 6.45) is 34.0. The van der Waals surface area contributed by atoms with Crippen molar-refractivity contribution >= 4 is 0 Å². The fraction of sp³-hybridized carbons (Fsp3) is 1.00. The van der Waals surface area contributed by atoms with E-state index in [1.807, 2.05) is 0 Å². The first-order valence-corrected chi connectivity index (χ1v) is 20.9. The summed E-state index contributed by atoms with van der Waals surface area (Å²) in [7, 11) is 0. The molecule has 4 aliphatic carbocycles. The van der Waals surface area contributed by atoms with Crippen LogP contribution in [0.3, 0.4) is 0 Å². The summed E-state index contributed by atoms with van der Waals surface area (Å²) in [5.74, 6) is 6.52. The van der Waals surface area contributed by atoms with Crippen molar-refractivity contribution in [2.24, 2.45) is 41.4 Å². The van der Waals surface area contributed by atoms with Crippen LogP contribution in [0.25, 0.3) is 0 Å². The van der Waals surface area contributed by atoms with Gasteiger partial charge in [0.1, 0.15) is 24.4 Å². The Labute approximate surface area is 283 Å². The largest absolute Gasteiger partial charge is 0.370 e. The summed E-state index contributed by atoms with van der Waals surface area (Å²) < 4.78 is 19.1. The Bertz CT molecular complexity index is 819. The van der Waals surface area contributed by atoms with Crippen molar-refractivity contribution in [1.82, 2.24) is 0 Å². The van der Waals surface area contributed by atoms with Gasteiger partial charge in [-0.25, -0.2) is 9.78 Å². The topological polar surface area (TPSA) is 46.2 Å². The van der Waals surface area contributed by atoms with E-state index in [1.165, 1.54) is 154 Å². The fourth-order valence-electron chi connectivity index (χ4n) is 10.9. The SMILES string of the molecule is CCCCCC1CCC(C2CCC(COOC3COC4C(OC5CCC(C6CCC(CCCCC)CC6)CC5)COC34)CC2)CC1. The van der Waals surface area contributed by atoms with E-state index in [0.29, 0.717) is 31.8 Å². The van der Waals surface area contributed by atoms with E-state index in [9.17, 15) is 0 Å². The molecule has 2 aliphatic heterocycles. The van der Waals surface area contributed by atoms with Crippen LogP contribution in [0.2, 0.25) is 0 Å². The zero-order valence-corrected chi connectivity index (χ0v) is 30.1. The second kappa shape index (κ2) is 18.7. The molecule has 0 aromatic rings. The van der Waals surface area contributed by atoms with Crippen molar-refractivity contribution in [2.45, 2.75) is 198 Å². The Hall–Kier alpha value is -0.200. The van der Waals surface area contributed by atoms with Gasteiger partial charge in [-0.15, -0.1) is 0 Å². The van der Waals surface area contributed by atoms with E-state index >= 15 is 0 Å². The Kier molecular flexibility index (Phi) is 14.5. The summed E-state index contributed by atoms with van der Waals surface area (Å²) in [5.41, 5.74) is 0. The molecule has 5 heteroatoms. The van der Waals surface area contributed by atoms with Gasteiger partial charge in [0.15, 0.2) is 0 Å². The van der Waals surface area contributed by atoms with Gasteiger partial charge in [0.2, 0.25) is 0 Å². The maximum atomic E-state index is 6.66. The van der Waals surface area contributed by atoms with E-state index < -0.39 is 0 Å². The van der Waals surface area contributed by atoms with Crippen molar-refractivity contribution in [3.05, 3.63) is 0 Å². The van der Waals surface area contributed by atoms with Gasteiger partial charge in [0.05, 0.1) is 25.9 Å². The molecule has 0 radical (unpaired) electrons. The predicted molar refractivity (Wildman–Crippen MR) is 186 cm³/mol. The first kappa shape index (κ1) is 35.6. The quantitative estimate of drug-likeness (QED) is 0.0950. The molecule has 6 rings (SSSR count). The highest BCUT2D eigenvalue weighted by atomic mass is 17.2. The molecule has 4 unspecified atom stereocenters. The summed E-state index contributed by atoms with van der Waals surface area (Å²) in [5, 5.41) is 0. The van der Waals surface area contributed by atoms with Crippen LogP contribution in [0.4, 0.5) is 0 Å². The van der Waals surface area contributed by atoms with E-state index in [0.717, 1.165) is 35.5 Å². The molecule has 0 amide bonds. The average molecular weight is 645 g/mol. The molecule has 6 fully saturated rings. The second-order valence-electron chi connectivity index (χ2n) is 17.1. The van der Waals surface area contributed by atoms with Gasteiger partial charge >= 0.3 is 0 Å². The third-order valence-electron chi connectivity index (χ3n) is 14.0. The number of hydrogen-bond acceptors (Lipinski definition) is 5. The zero-order valence-electron chi connectivity index (χ0n) is 30.1. The smallest absolute Gasteiger partial charge is 0.145 e. The van der Waals surface area contributed by atoms with Crippen LogP contribution in [0.1, 0.15) is 168 Å². The van der Waals surface area contributed by atoms with Crippen LogP contribution in [0.15, 0.2) is 0 Å². The van der Waals surface area contributed by atoms with Gasteiger partial charge < -0.3 is 14.2 Å². The molecule has 266 valence electrons. The molecule has 0 bridgehead atoms. The van der Waals surface area contributed by atoms with Crippen LogP contribution in [-0.4, -0.2) is 50.3 Å². The van der Waals surface area contributed by atoms with Crippen molar-refractivity contribution in [3.63, 3.8) is 0 Å². The Morgan fingerprint density at radius 1 is 0.478 bits per heavy atom. The van der Waals surface area contributed by atoms with Gasteiger partial charge in [0.25, 0.3) is 0 Å². The average Bonchev–Trinajstić information content (AvgIpc) is 3.69. The minimum Gasteiger partial charge on any atom is -0.370 e. The standard InChI is InChI=1S/C41H72O5/c1-3-5-7-9-30-11-17-33(18-12-30)35-21-15-32(16-22-35)27-44-46-39-29-43-40-38(28-42-41(39)40)45-37-25-23-36(24-26-37)34-19-13-31(14-20-34)10-8-6-4-2/h30-41H,3-29H2,1-2H3. The molecule has 46 heavy (non-hydrogen) atoms. The summed E-state index contributed by atoms with van der Waals surface area (Å²) >= 11 is 0. The van der Waals surface area contributed by atoms with Crippen molar-refractivity contribution in [3.8, 4) is 0 Å². The molecule has 4 atom stereocenters. The molecule has 6 aliphatic rings. The fourth-order valence-corrected chi connectivity index (χ4v) is 10.9.